The molecule has 1 aliphatic heterocycles. The summed E-state index contributed by atoms with van der Waals surface area (Å²) in [7, 11) is 1.69. The highest BCUT2D eigenvalue weighted by Crippen LogP contribution is 2.28. The van der Waals surface area contributed by atoms with Crippen LogP contribution in [0.5, 0.6) is 5.75 Å². The number of hydrogen-bond donors (Lipinski definition) is 1. The number of benzene rings is 1. The molecule has 4 nitrogen and oxygen atoms in total. The highest BCUT2D eigenvalue weighted by Gasteiger charge is 2.23. The van der Waals surface area contributed by atoms with Gasteiger partial charge in [-0.05, 0) is 73.0 Å². The fourth-order valence-electron chi connectivity index (χ4n) is 3.21. The highest BCUT2D eigenvalue weighted by molar-refractivity contribution is 6.62. The molecule has 1 saturated heterocycles. The number of likely N-dealkylation sites (tertiary alicyclic amines) is 1. The van der Waals surface area contributed by atoms with Gasteiger partial charge in [-0.3, -0.25) is 4.79 Å². The van der Waals surface area contributed by atoms with Crippen LogP contribution in [0.4, 0.5) is 4.79 Å². The Bertz CT molecular complexity index is 523. The number of ether oxygens (including phenoxy) is 1. The third-order valence-corrected chi connectivity index (χ3v) is 5.33. The molecule has 1 aromatic rings. The van der Waals surface area contributed by atoms with Gasteiger partial charge in [-0.15, -0.1) is 0 Å². The van der Waals surface area contributed by atoms with Crippen molar-refractivity contribution in [2.75, 3.05) is 33.3 Å². The van der Waals surface area contributed by atoms with E-state index in [9.17, 15) is 4.79 Å². The number of amides is 1. The first-order valence-corrected chi connectivity index (χ1v) is 9.10. The summed E-state index contributed by atoms with van der Waals surface area (Å²) in [5.41, 5.74) is 1.47. The van der Waals surface area contributed by atoms with Gasteiger partial charge < -0.3 is 15.0 Å². The molecule has 1 heterocycles. The summed E-state index contributed by atoms with van der Waals surface area (Å²) >= 11 is 5.52. The molecular weight excluding hydrogens is 324 g/mol. The largest absolute Gasteiger partial charge is 0.497 e. The van der Waals surface area contributed by atoms with Gasteiger partial charge in [0.05, 0.1) is 7.11 Å². The molecule has 0 saturated carbocycles. The lowest BCUT2D eigenvalue weighted by Crippen LogP contribution is -2.39. The summed E-state index contributed by atoms with van der Waals surface area (Å²) in [6.45, 7) is 8.14. The minimum Gasteiger partial charge on any atom is -0.497 e. The number of hydrogen-bond acceptors (Lipinski definition) is 3. The molecule has 0 aromatic heterocycles. The fourth-order valence-corrected chi connectivity index (χ4v) is 3.38. The second-order valence-corrected chi connectivity index (χ2v) is 7.57. The van der Waals surface area contributed by atoms with Crippen LogP contribution in [-0.2, 0) is 5.41 Å². The van der Waals surface area contributed by atoms with Crippen LogP contribution in [0.15, 0.2) is 24.3 Å². The first-order chi connectivity index (χ1) is 11.4. The van der Waals surface area contributed by atoms with E-state index in [0.717, 1.165) is 51.2 Å². The fraction of sp³-hybridized carbons (Fsp3) is 0.632. The Kier molecular flexibility index (Phi) is 6.93. The zero-order valence-electron chi connectivity index (χ0n) is 15.0. The molecule has 1 amide bonds. The molecular formula is C19H29ClN2O2. The number of nitrogens with zero attached hydrogens (tertiary/aromatic N) is 1. The number of nitrogens with one attached hydrogen (secondary N) is 1. The normalized spacial score (nSPS) is 16.2. The summed E-state index contributed by atoms with van der Waals surface area (Å²) in [5.74, 6) is 1.54. The van der Waals surface area contributed by atoms with Gasteiger partial charge >= 0.3 is 5.37 Å². The molecule has 1 fully saturated rings. The Balaban J connectivity index is 1.70. The molecule has 24 heavy (non-hydrogen) atoms. The van der Waals surface area contributed by atoms with E-state index in [1.165, 1.54) is 5.56 Å². The third kappa shape index (κ3) is 5.38. The molecule has 1 aliphatic rings. The van der Waals surface area contributed by atoms with Gasteiger partial charge in [0.2, 0.25) is 0 Å². The van der Waals surface area contributed by atoms with Crippen molar-refractivity contribution in [2.45, 2.75) is 38.5 Å². The molecule has 0 unspecified atom stereocenters. The highest BCUT2D eigenvalue weighted by atomic mass is 35.5. The summed E-state index contributed by atoms with van der Waals surface area (Å²) < 4.78 is 5.22. The van der Waals surface area contributed by atoms with Crippen molar-refractivity contribution in [1.29, 1.82) is 0 Å². The van der Waals surface area contributed by atoms with E-state index in [4.69, 9.17) is 16.3 Å². The smallest absolute Gasteiger partial charge is 0.316 e. The second-order valence-electron chi connectivity index (χ2n) is 7.25. The Hall–Kier alpha value is -1.26. The van der Waals surface area contributed by atoms with Crippen LogP contribution in [0.25, 0.3) is 0 Å². The van der Waals surface area contributed by atoms with Gasteiger partial charge in [-0.2, -0.15) is 0 Å². The Morgan fingerprint density at radius 2 is 1.92 bits per heavy atom. The lowest BCUT2D eigenvalue weighted by Gasteiger charge is -2.31. The first kappa shape index (κ1) is 19.1. The van der Waals surface area contributed by atoms with Gasteiger partial charge in [0.15, 0.2) is 0 Å². The molecule has 5 heteroatoms. The van der Waals surface area contributed by atoms with E-state index in [-0.39, 0.29) is 10.8 Å². The monoisotopic (exact) mass is 352 g/mol. The van der Waals surface area contributed by atoms with Crippen molar-refractivity contribution in [2.24, 2.45) is 5.92 Å². The summed E-state index contributed by atoms with van der Waals surface area (Å²) in [5, 5.41) is 3.27. The van der Waals surface area contributed by atoms with E-state index in [1.54, 1.807) is 12.0 Å². The summed E-state index contributed by atoms with van der Waals surface area (Å²) in [6, 6.07) is 8.35. The van der Waals surface area contributed by atoms with E-state index >= 15 is 0 Å². The van der Waals surface area contributed by atoms with Crippen LogP contribution in [0, 0.1) is 5.92 Å². The average molecular weight is 353 g/mol. The van der Waals surface area contributed by atoms with Gasteiger partial charge in [0, 0.05) is 13.1 Å². The molecule has 0 atom stereocenters. The van der Waals surface area contributed by atoms with Gasteiger partial charge in [-0.1, -0.05) is 26.0 Å². The van der Waals surface area contributed by atoms with E-state index in [1.807, 2.05) is 12.1 Å². The predicted octanol–water partition coefficient (Wildman–Crippen LogP) is 4.02. The van der Waals surface area contributed by atoms with Crippen molar-refractivity contribution < 1.29 is 9.53 Å². The van der Waals surface area contributed by atoms with Crippen molar-refractivity contribution in [3.63, 3.8) is 0 Å². The van der Waals surface area contributed by atoms with Gasteiger partial charge in [-0.25, -0.2) is 0 Å². The van der Waals surface area contributed by atoms with E-state index in [2.05, 4.69) is 31.3 Å². The number of carbonyl (C=O) groups is 1. The van der Waals surface area contributed by atoms with Gasteiger partial charge in [0.1, 0.15) is 5.75 Å². The van der Waals surface area contributed by atoms with Crippen molar-refractivity contribution in [3.05, 3.63) is 29.8 Å². The number of piperidine rings is 1. The molecule has 134 valence electrons. The molecule has 1 N–H and O–H groups in total. The second kappa shape index (κ2) is 8.72. The van der Waals surface area contributed by atoms with Crippen molar-refractivity contribution in [1.82, 2.24) is 10.2 Å². The maximum atomic E-state index is 11.1. The zero-order valence-corrected chi connectivity index (χ0v) is 15.7. The van der Waals surface area contributed by atoms with E-state index < -0.39 is 0 Å². The summed E-state index contributed by atoms with van der Waals surface area (Å²) in [4.78, 5) is 12.8. The number of carbonyl (C=O) groups excluding carboxylic acids is 1. The van der Waals surface area contributed by atoms with Crippen molar-refractivity contribution >= 4 is 17.0 Å². The first-order valence-electron chi connectivity index (χ1n) is 8.72. The lowest BCUT2D eigenvalue weighted by molar-refractivity contribution is 0.190. The Labute approximate surface area is 150 Å². The van der Waals surface area contributed by atoms with Crippen molar-refractivity contribution in [3.8, 4) is 5.75 Å². The molecule has 0 bridgehead atoms. The minimum atomic E-state index is -0.317. The minimum absolute atomic E-state index is 0.133. The quantitative estimate of drug-likeness (QED) is 0.457. The number of methoxy groups -OCH3 is 1. The topological polar surface area (TPSA) is 41.6 Å². The maximum Gasteiger partial charge on any atom is 0.316 e. The molecule has 1 aromatic carbocycles. The van der Waals surface area contributed by atoms with Crippen LogP contribution >= 0.6 is 11.6 Å². The number of halogens is 1. The zero-order chi connectivity index (χ0) is 17.6. The van der Waals surface area contributed by atoms with Crippen LogP contribution < -0.4 is 10.1 Å². The standard InChI is InChI=1S/C19H29ClN2O2/c1-19(2,16-4-6-17(24-3)7-5-16)10-11-21-14-15-8-12-22(13-9-15)18(20)23/h4-7,15,21H,8-14H2,1-3H3. The summed E-state index contributed by atoms with van der Waals surface area (Å²) in [6.07, 6.45) is 3.15. The molecule has 0 radical (unpaired) electrons. The Morgan fingerprint density at radius 3 is 2.46 bits per heavy atom. The lowest BCUT2D eigenvalue weighted by atomic mass is 9.81. The van der Waals surface area contributed by atoms with Gasteiger partial charge in [0.25, 0.3) is 0 Å². The third-order valence-electron chi connectivity index (χ3n) is 5.09. The van der Waals surface area contributed by atoms with Crippen LogP contribution in [0.3, 0.4) is 0 Å². The van der Waals surface area contributed by atoms with E-state index in [0.29, 0.717) is 5.92 Å². The molecule has 0 spiro atoms. The molecule has 0 aliphatic carbocycles. The van der Waals surface area contributed by atoms with Crippen LogP contribution in [0.2, 0.25) is 0 Å². The number of rotatable bonds is 7. The SMILES string of the molecule is COc1ccc(C(C)(C)CCNCC2CCN(C(=O)Cl)CC2)cc1. The molecule has 2 rings (SSSR count). The Morgan fingerprint density at radius 1 is 1.29 bits per heavy atom. The van der Waals surface area contributed by atoms with Crippen LogP contribution in [-0.4, -0.2) is 43.6 Å². The van der Waals surface area contributed by atoms with Crippen LogP contribution in [0.1, 0.15) is 38.7 Å². The predicted molar refractivity (Wildman–Crippen MR) is 99.1 cm³/mol. The maximum absolute atomic E-state index is 11.1. The average Bonchev–Trinajstić information content (AvgIpc) is 2.59.